The summed E-state index contributed by atoms with van der Waals surface area (Å²) in [5.74, 6) is 0.842. The standard InChI is InChI=1S/C20H14B3N7O2S/c21-20(22,23)32-7-6-31-13-3-4-16(27-10-13)17-14(8-24)18(26)29-19(15(17)9-25)33-11-12-2-1-5-28-30-12/h1-5,10H,6-7,11H2,(H2,26,29). The van der Waals surface area contributed by atoms with Gasteiger partial charge in [0.15, 0.2) is 0 Å². The lowest BCUT2D eigenvalue weighted by Crippen LogP contribution is -2.35. The molecule has 13 heteroatoms. The van der Waals surface area contributed by atoms with E-state index in [1.165, 1.54) is 18.0 Å². The summed E-state index contributed by atoms with van der Waals surface area (Å²) in [6.07, 6.45) is 3.01. The number of anilines is 1. The molecule has 0 saturated carbocycles. The average molecular weight is 449 g/mol. The highest BCUT2D eigenvalue weighted by Gasteiger charge is 2.21. The molecular formula is C20H14B3N7O2S. The second kappa shape index (κ2) is 10.9. The van der Waals surface area contributed by atoms with E-state index < -0.39 is 5.30 Å². The van der Waals surface area contributed by atoms with Crippen LogP contribution in [0.1, 0.15) is 16.8 Å². The molecule has 0 unspecified atom stereocenters. The number of ether oxygens (including phenoxy) is 2. The zero-order valence-corrected chi connectivity index (χ0v) is 18.1. The van der Waals surface area contributed by atoms with E-state index in [2.05, 4.69) is 26.2 Å². The zero-order chi connectivity index (χ0) is 23.8. The molecule has 0 aliphatic rings. The van der Waals surface area contributed by atoms with Gasteiger partial charge in [-0.3, -0.25) is 4.98 Å². The summed E-state index contributed by atoms with van der Waals surface area (Å²) in [5, 5.41) is 26.0. The molecule has 0 saturated heterocycles. The van der Waals surface area contributed by atoms with Crippen LogP contribution in [-0.2, 0) is 10.5 Å². The van der Waals surface area contributed by atoms with Gasteiger partial charge in [0.25, 0.3) is 0 Å². The lowest BCUT2D eigenvalue weighted by atomic mass is 9.52. The van der Waals surface area contributed by atoms with E-state index in [-0.39, 0.29) is 30.2 Å². The van der Waals surface area contributed by atoms with Gasteiger partial charge in [-0.15, -0.1) is 0 Å². The topological polar surface area (TPSA) is 144 Å². The first-order chi connectivity index (χ1) is 15.8. The molecule has 0 bridgehead atoms. The van der Waals surface area contributed by atoms with Crippen molar-refractivity contribution in [3.05, 3.63) is 53.5 Å². The summed E-state index contributed by atoms with van der Waals surface area (Å²) in [5.41, 5.74) is 7.65. The molecule has 0 aliphatic carbocycles. The molecule has 3 heterocycles. The third-order valence-electron chi connectivity index (χ3n) is 4.10. The molecule has 3 rings (SSSR count). The van der Waals surface area contributed by atoms with Gasteiger partial charge in [-0.05, 0) is 29.6 Å². The van der Waals surface area contributed by atoms with Crippen LogP contribution in [0.2, 0.25) is 0 Å². The molecule has 0 spiro atoms. The summed E-state index contributed by atoms with van der Waals surface area (Å²) in [7, 11) is 16.0. The van der Waals surface area contributed by atoms with Crippen molar-refractivity contribution in [1.82, 2.24) is 20.2 Å². The van der Waals surface area contributed by atoms with Gasteiger partial charge in [0.2, 0.25) is 0 Å². The lowest BCUT2D eigenvalue weighted by Gasteiger charge is -2.21. The van der Waals surface area contributed by atoms with Gasteiger partial charge < -0.3 is 15.2 Å². The number of nitriles is 2. The van der Waals surface area contributed by atoms with Crippen molar-refractivity contribution < 1.29 is 9.47 Å². The first-order valence-corrected chi connectivity index (χ1v) is 10.4. The number of nitrogen functional groups attached to an aromatic ring is 1. The normalized spacial score (nSPS) is 10.8. The van der Waals surface area contributed by atoms with E-state index in [4.69, 9.17) is 38.7 Å². The Labute approximate surface area is 199 Å². The van der Waals surface area contributed by atoms with Crippen molar-refractivity contribution in [3.8, 4) is 29.1 Å². The Hall–Kier alpha value is -3.54. The first kappa shape index (κ1) is 24.1. The van der Waals surface area contributed by atoms with E-state index in [1.807, 2.05) is 6.07 Å². The Kier molecular flexibility index (Phi) is 7.94. The fraction of sp³-hybridized carbons (Fsp3) is 0.200. The predicted molar refractivity (Wildman–Crippen MR) is 124 cm³/mol. The molecule has 2 N–H and O–H groups in total. The fourth-order valence-electron chi connectivity index (χ4n) is 2.70. The first-order valence-electron chi connectivity index (χ1n) is 9.45. The van der Waals surface area contributed by atoms with Crippen LogP contribution in [0.5, 0.6) is 5.75 Å². The van der Waals surface area contributed by atoms with Gasteiger partial charge in [-0.25, -0.2) is 4.98 Å². The van der Waals surface area contributed by atoms with E-state index in [0.717, 1.165) is 0 Å². The molecule has 156 valence electrons. The van der Waals surface area contributed by atoms with Gasteiger partial charge >= 0.3 is 0 Å². The number of thioether (sulfide) groups is 1. The Morgan fingerprint density at radius 1 is 1.09 bits per heavy atom. The number of hydrogen-bond donors (Lipinski definition) is 1. The number of hydrogen-bond acceptors (Lipinski definition) is 10. The smallest absolute Gasteiger partial charge is 0.143 e. The number of aromatic nitrogens is 4. The number of nitrogens with zero attached hydrogens (tertiary/aromatic N) is 6. The minimum Gasteiger partial charge on any atom is -0.490 e. The number of rotatable bonds is 9. The molecular weight excluding hydrogens is 435 g/mol. The maximum absolute atomic E-state index is 9.85. The third-order valence-corrected chi connectivity index (χ3v) is 5.11. The van der Waals surface area contributed by atoms with Crippen molar-refractivity contribution in [2.75, 3.05) is 18.9 Å². The van der Waals surface area contributed by atoms with E-state index in [1.54, 1.807) is 30.5 Å². The van der Waals surface area contributed by atoms with Gasteiger partial charge in [-0.2, -0.15) is 20.7 Å². The number of nitrogens with two attached hydrogens (primary N) is 1. The fourth-order valence-corrected chi connectivity index (χ4v) is 3.60. The van der Waals surface area contributed by atoms with Crippen LogP contribution in [0.15, 0.2) is 41.7 Å². The van der Waals surface area contributed by atoms with Crippen LogP contribution >= 0.6 is 11.8 Å². The largest absolute Gasteiger partial charge is 0.490 e. The maximum Gasteiger partial charge on any atom is 0.143 e. The highest BCUT2D eigenvalue weighted by atomic mass is 32.2. The Morgan fingerprint density at radius 3 is 2.48 bits per heavy atom. The summed E-state index contributed by atoms with van der Waals surface area (Å²) in [4.78, 5) is 8.59. The minimum atomic E-state index is -1.74. The highest BCUT2D eigenvalue weighted by molar-refractivity contribution is 7.98. The van der Waals surface area contributed by atoms with E-state index >= 15 is 0 Å². The summed E-state index contributed by atoms with van der Waals surface area (Å²) in [6, 6.07) is 11.0. The lowest BCUT2D eigenvalue weighted by molar-refractivity contribution is 0.0948. The van der Waals surface area contributed by atoms with Crippen LogP contribution < -0.4 is 10.5 Å². The Balaban J connectivity index is 1.86. The van der Waals surface area contributed by atoms with Gasteiger partial charge in [0, 0.05) is 17.5 Å². The van der Waals surface area contributed by atoms with Crippen LogP contribution in [0.4, 0.5) is 5.82 Å². The molecule has 3 aromatic rings. The average Bonchev–Trinajstić information content (AvgIpc) is 2.80. The maximum atomic E-state index is 9.85. The SMILES string of the molecule is [B]C([B])([B])OCCOc1ccc(-c2c(C#N)c(N)nc(SCc3cccnn3)c2C#N)nc1. The van der Waals surface area contributed by atoms with Crippen LogP contribution in [0.25, 0.3) is 11.3 Å². The molecule has 33 heavy (non-hydrogen) atoms. The molecule has 6 radical (unpaired) electrons. The summed E-state index contributed by atoms with van der Waals surface area (Å²) >= 11 is 1.26. The quantitative estimate of drug-likeness (QED) is 0.286. The Bertz CT molecular complexity index is 1190. The monoisotopic (exact) mass is 449 g/mol. The van der Waals surface area contributed by atoms with E-state index in [9.17, 15) is 10.5 Å². The minimum absolute atomic E-state index is 0.00117. The van der Waals surface area contributed by atoms with Gasteiger partial charge in [-0.1, -0.05) is 11.8 Å². The summed E-state index contributed by atoms with van der Waals surface area (Å²) < 4.78 is 10.5. The molecule has 0 aliphatic heterocycles. The zero-order valence-electron chi connectivity index (χ0n) is 17.3. The third kappa shape index (κ3) is 6.48. The van der Waals surface area contributed by atoms with Crippen LogP contribution in [0, 0.1) is 22.7 Å². The molecule has 9 nitrogen and oxygen atoms in total. The van der Waals surface area contributed by atoms with Crippen LogP contribution in [-0.4, -0.2) is 62.2 Å². The molecule has 0 amide bonds. The van der Waals surface area contributed by atoms with Crippen LogP contribution in [0.3, 0.4) is 0 Å². The summed E-state index contributed by atoms with van der Waals surface area (Å²) in [6.45, 7) is 0.197. The van der Waals surface area contributed by atoms with E-state index in [0.29, 0.717) is 33.5 Å². The molecule has 0 atom stereocenters. The van der Waals surface area contributed by atoms with Gasteiger partial charge in [0.05, 0.1) is 53.3 Å². The highest BCUT2D eigenvalue weighted by Crippen LogP contribution is 2.36. The molecule has 3 aromatic heterocycles. The second-order valence-electron chi connectivity index (χ2n) is 6.58. The Morgan fingerprint density at radius 2 is 1.88 bits per heavy atom. The van der Waals surface area contributed by atoms with Crippen molar-refractivity contribution in [3.63, 3.8) is 0 Å². The number of pyridine rings is 2. The molecule has 0 aromatic carbocycles. The van der Waals surface area contributed by atoms with Crippen molar-refractivity contribution >= 4 is 41.1 Å². The van der Waals surface area contributed by atoms with Crippen molar-refractivity contribution in [2.45, 2.75) is 16.1 Å². The van der Waals surface area contributed by atoms with Crippen molar-refractivity contribution in [2.24, 2.45) is 0 Å². The van der Waals surface area contributed by atoms with Gasteiger partial charge in [0.1, 0.15) is 40.9 Å². The second-order valence-corrected chi connectivity index (χ2v) is 7.55. The van der Waals surface area contributed by atoms with Crippen molar-refractivity contribution in [1.29, 1.82) is 10.5 Å². The predicted octanol–water partition coefficient (Wildman–Crippen LogP) is 1.06. The molecule has 0 fully saturated rings.